The van der Waals surface area contributed by atoms with Gasteiger partial charge in [-0.3, -0.25) is 4.90 Å². The van der Waals surface area contributed by atoms with E-state index in [9.17, 15) is 9.90 Å². The minimum absolute atomic E-state index is 0.366. The molecule has 1 fully saturated rings. The van der Waals surface area contributed by atoms with Crippen LogP contribution < -0.4 is 0 Å². The summed E-state index contributed by atoms with van der Waals surface area (Å²) in [6.07, 6.45) is 1.23. The average Bonchev–Trinajstić information content (AvgIpc) is 3.14. The quantitative estimate of drug-likeness (QED) is 0.845. The van der Waals surface area contributed by atoms with Crippen LogP contribution >= 0.6 is 11.3 Å². The molecule has 2 atom stereocenters. The largest absolute Gasteiger partial charge is 0.465 e. The van der Waals surface area contributed by atoms with Gasteiger partial charge in [0.05, 0.1) is 18.4 Å². The Balaban J connectivity index is 1.73. The van der Waals surface area contributed by atoms with Gasteiger partial charge < -0.3 is 9.84 Å². The van der Waals surface area contributed by atoms with Gasteiger partial charge in [0.2, 0.25) is 0 Å². The highest BCUT2D eigenvalue weighted by Gasteiger charge is 2.51. The third-order valence-electron chi connectivity index (χ3n) is 5.20. The number of carbonyl (C=O) groups is 1. The fourth-order valence-electron chi connectivity index (χ4n) is 3.98. The summed E-state index contributed by atoms with van der Waals surface area (Å²) in [6, 6.07) is 1.79. The molecular formula is C16H20N4O3S. The summed E-state index contributed by atoms with van der Waals surface area (Å²) < 4.78 is 6.25. The number of hydrogen-bond donors (Lipinski definition) is 1. The first-order valence-electron chi connectivity index (χ1n) is 8.14. The van der Waals surface area contributed by atoms with Crippen LogP contribution in [-0.4, -0.2) is 46.5 Å². The van der Waals surface area contributed by atoms with E-state index in [4.69, 9.17) is 4.74 Å². The number of carboxylic acid groups (broad SMARTS) is 1. The molecule has 1 amide bonds. The topological polar surface area (TPSA) is 86.9 Å². The molecule has 3 aliphatic heterocycles. The zero-order valence-corrected chi connectivity index (χ0v) is 14.5. The van der Waals surface area contributed by atoms with Crippen molar-refractivity contribution in [2.45, 2.75) is 50.3 Å². The molecule has 2 unspecified atom stereocenters. The summed E-state index contributed by atoms with van der Waals surface area (Å²) in [5.74, 6) is 0. The van der Waals surface area contributed by atoms with E-state index in [0.717, 1.165) is 6.42 Å². The zero-order chi connectivity index (χ0) is 16.9. The highest BCUT2D eigenvalue weighted by Crippen LogP contribution is 2.47. The van der Waals surface area contributed by atoms with Crippen LogP contribution in [0.5, 0.6) is 0 Å². The molecule has 1 N–H and O–H groups in total. The van der Waals surface area contributed by atoms with Crippen LogP contribution in [0.3, 0.4) is 0 Å². The minimum atomic E-state index is -0.928. The third kappa shape index (κ3) is 2.28. The monoisotopic (exact) mass is 348 g/mol. The number of rotatable bonds is 1. The number of likely N-dealkylation sites (tertiary alicyclic amines) is 1. The lowest BCUT2D eigenvalue weighted by atomic mass is 9.77. The SMILES string of the molecule is CC1(C)N=NN=C1C1CC2(CCN1C(=O)O)OCCc1ccsc12. The van der Waals surface area contributed by atoms with E-state index < -0.39 is 17.2 Å². The molecule has 0 bridgehead atoms. The summed E-state index contributed by atoms with van der Waals surface area (Å²) in [4.78, 5) is 14.5. The highest BCUT2D eigenvalue weighted by molar-refractivity contribution is 7.10. The molecule has 0 aliphatic carbocycles. The van der Waals surface area contributed by atoms with Crippen molar-refractivity contribution in [3.05, 3.63) is 21.9 Å². The Hall–Kier alpha value is -1.80. The van der Waals surface area contributed by atoms with Gasteiger partial charge in [-0.1, -0.05) is 0 Å². The zero-order valence-electron chi connectivity index (χ0n) is 13.7. The van der Waals surface area contributed by atoms with Crippen molar-refractivity contribution in [1.82, 2.24) is 4.90 Å². The molecule has 24 heavy (non-hydrogen) atoms. The van der Waals surface area contributed by atoms with E-state index in [1.165, 1.54) is 15.3 Å². The maximum absolute atomic E-state index is 11.8. The van der Waals surface area contributed by atoms with Crippen molar-refractivity contribution in [3.63, 3.8) is 0 Å². The Morgan fingerprint density at radius 3 is 3.04 bits per heavy atom. The van der Waals surface area contributed by atoms with Crippen molar-refractivity contribution in [2.75, 3.05) is 13.2 Å². The van der Waals surface area contributed by atoms with Gasteiger partial charge in [-0.2, -0.15) is 5.11 Å². The fraction of sp³-hybridized carbons (Fsp3) is 0.625. The van der Waals surface area contributed by atoms with Crippen LogP contribution in [-0.2, 0) is 16.8 Å². The Bertz CT molecular complexity index is 741. The first-order chi connectivity index (χ1) is 11.4. The molecule has 1 saturated heterocycles. The van der Waals surface area contributed by atoms with Crippen LogP contribution in [0.1, 0.15) is 37.1 Å². The average molecular weight is 348 g/mol. The van der Waals surface area contributed by atoms with E-state index in [-0.39, 0.29) is 6.04 Å². The second-order valence-corrected chi connectivity index (χ2v) is 7.96. The first-order valence-corrected chi connectivity index (χ1v) is 9.01. The van der Waals surface area contributed by atoms with Gasteiger partial charge in [0.25, 0.3) is 0 Å². The lowest BCUT2D eigenvalue weighted by Gasteiger charge is -2.47. The number of thiophene rings is 1. The Morgan fingerprint density at radius 2 is 2.33 bits per heavy atom. The van der Waals surface area contributed by atoms with Gasteiger partial charge in [-0.05, 0) is 48.9 Å². The van der Waals surface area contributed by atoms with Crippen molar-refractivity contribution < 1.29 is 14.6 Å². The van der Waals surface area contributed by atoms with Crippen LogP contribution in [0.15, 0.2) is 26.9 Å². The molecule has 7 nitrogen and oxygen atoms in total. The van der Waals surface area contributed by atoms with Gasteiger partial charge in [-0.15, -0.1) is 16.4 Å². The molecule has 0 radical (unpaired) electrons. The predicted molar refractivity (Wildman–Crippen MR) is 89.8 cm³/mol. The van der Waals surface area contributed by atoms with Crippen molar-refractivity contribution in [2.24, 2.45) is 15.4 Å². The Kier molecular flexibility index (Phi) is 3.50. The Morgan fingerprint density at radius 1 is 1.50 bits per heavy atom. The van der Waals surface area contributed by atoms with E-state index in [1.807, 2.05) is 13.8 Å². The van der Waals surface area contributed by atoms with E-state index >= 15 is 0 Å². The highest BCUT2D eigenvalue weighted by atomic mass is 32.1. The van der Waals surface area contributed by atoms with Crippen LogP contribution in [0.25, 0.3) is 0 Å². The summed E-state index contributed by atoms with van der Waals surface area (Å²) >= 11 is 1.71. The lowest BCUT2D eigenvalue weighted by molar-refractivity contribution is -0.0984. The summed E-state index contributed by atoms with van der Waals surface area (Å²) in [5, 5.41) is 23.9. The summed E-state index contributed by atoms with van der Waals surface area (Å²) in [6.45, 7) is 4.93. The van der Waals surface area contributed by atoms with Gasteiger partial charge in [0, 0.05) is 17.8 Å². The molecule has 3 aliphatic rings. The second kappa shape index (κ2) is 5.35. The maximum Gasteiger partial charge on any atom is 0.407 e. The van der Waals surface area contributed by atoms with E-state index in [1.54, 1.807) is 11.3 Å². The predicted octanol–water partition coefficient (Wildman–Crippen LogP) is 3.26. The van der Waals surface area contributed by atoms with Crippen LogP contribution in [0.4, 0.5) is 4.79 Å². The van der Waals surface area contributed by atoms with Gasteiger partial charge >= 0.3 is 6.09 Å². The molecule has 1 spiro atoms. The van der Waals surface area contributed by atoms with E-state index in [2.05, 4.69) is 26.9 Å². The van der Waals surface area contributed by atoms with Crippen LogP contribution in [0.2, 0.25) is 0 Å². The standard InChI is InChI=1S/C16H20N4O3S/c1-15(2)12(17-19-18-15)11-9-16(5-6-20(11)14(21)22)13-10(3-7-23-16)4-8-24-13/h4,8,11H,3,5-7,9H2,1-2H3,(H,21,22). The number of piperidine rings is 1. The van der Waals surface area contributed by atoms with Crippen molar-refractivity contribution in [3.8, 4) is 0 Å². The number of hydrogen-bond acceptors (Lipinski definition) is 6. The molecule has 1 aromatic heterocycles. The minimum Gasteiger partial charge on any atom is -0.465 e. The third-order valence-corrected chi connectivity index (χ3v) is 6.34. The second-order valence-electron chi connectivity index (χ2n) is 7.05. The molecule has 8 heteroatoms. The van der Waals surface area contributed by atoms with Gasteiger partial charge in [0.1, 0.15) is 11.1 Å². The van der Waals surface area contributed by atoms with E-state index in [0.29, 0.717) is 31.7 Å². The molecular weight excluding hydrogens is 328 g/mol. The number of ether oxygens (including phenoxy) is 1. The maximum atomic E-state index is 11.8. The molecule has 1 aromatic rings. The number of fused-ring (bicyclic) bond motifs is 2. The normalized spacial score (nSPS) is 31.2. The van der Waals surface area contributed by atoms with Crippen molar-refractivity contribution >= 4 is 23.1 Å². The summed E-state index contributed by atoms with van der Waals surface area (Å²) in [7, 11) is 0. The number of nitrogens with zero attached hydrogens (tertiary/aromatic N) is 4. The smallest absolute Gasteiger partial charge is 0.407 e. The first kappa shape index (κ1) is 15.7. The molecule has 128 valence electrons. The number of amides is 1. The van der Waals surface area contributed by atoms with Crippen LogP contribution in [0, 0.1) is 0 Å². The van der Waals surface area contributed by atoms with Gasteiger partial charge in [0.15, 0.2) is 0 Å². The molecule has 4 heterocycles. The lowest BCUT2D eigenvalue weighted by Crippen LogP contribution is -2.58. The summed E-state index contributed by atoms with van der Waals surface area (Å²) in [5.41, 5.74) is 1.04. The fourth-order valence-corrected chi connectivity index (χ4v) is 5.13. The van der Waals surface area contributed by atoms with Crippen molar-refractivity contribution in [1.29, 1.82) is 0 Å². The molecule has 0 saturated carbocycles. The van der Waals surface area contributed by atoms with Gasteiger partial charge in [-0.25, -0.2) is 4.79 Å². The molecule has 4 rings (SSSR count). The Labute approximate surface area is 144 Å². The molecule has 0 aromatic carbocycles.